The number of aromatic nitrogens is 4. The summed E-state index contributed by atoms with van der Waals surface area (Å²) in [6, 6.07) is 11.4. The minimum atomic E-state index is -0.891. The Hall–Kier alpha value is -4.26. The van der Waals surface area contributed by atoms with E-state index in [-0.39, 0.29) is 17.7 Å². The first-order valence-corrected chi connectivity index (χ1v) is 11.7. The van der Waals surface area contributed by atoms with E-state index in [4.69, 9.17) is 0 Å². The van der Waals surface area contributed by atoms with Gasteiger partial charge in [0.2, 0.25) is 5.91 Å². The van der Waals surface area contributed by atoms with Crippen molar-refractivity contribution in [2.24, 2.45) is 18.4 Å². The van der Waals surface area contributed by atoms with Crippen LogP contribution in [0.1, 0.15) is 41.0 Å². The van der Waals surface area contributed by atoms with Gasteiger partial charge in [0.1, 0.15) is 16.9 Å². The van der Waals surface area contributed by atoms with Gasteiger partial charge in [0.25, 0.3) is 5.91 Å². The smallest absolute Gasteiger partial charge is 0.272 e. The number of hydrogen-bond donors (Lipinski definition) is 1. The highest BCUT2D eigenvalue weighted by atomic mass is 16.2. The maximum Gasteiger partial charge on any atom is 0.272 e. The zero-order valence-corrected chi connectivity index (χ0v) is 19.3. The monoisotopic (exact) mass is 468 g/mol. The third-order valence-electron chi connectivity index (χ3n) is 7.21. The Kier molecular flexibility index (Phi) is 4.81. The van der Waals surface area contributed by atoms with E-state index in [0.29, 0.717) is 49.1 Å². The van der Waals surface area contributed by atoms with Crippen LogP contribution in [0.4, 0.5) is 17.3 Å². The van der Waals surface area contributed by atoms with E-state index in [1.165, 1.54) is 0 Å². The molecule has 1 aliphatic carbocycles. The number of rotatable bonds is 5. The summed E-state index contributed by atoms with van der Waals surface area (Å²) < 4.78 is 1.55. The quantitative estimate of drug-likeness (QED) is 0.611. The number of nitrogens with one attached hydrogen (secondary N) is 1. The van der Waals surface area contributed by atoms with E-state index < -0.39 is 5.41 Å². The first kappa shape index (κ1) is 21.3. The fourth-order valence-electron chi connectivity index (χ4n) is 5.15. The molecule has 5 heterocycles. The molecule has 10 heteroatoms. The van der Waals surface area contributed by atoms with E-state index in [0.717, 1.165) is 24.1 Å². The van der Waals surface area contributed by atoms with E-state index in [1.54, 1.807) is 52.1 Å². The number of amides is 2. The molecule has 0 bridgehead atoms. The fourth-order valence-corrected chi connectivity index (χ4v) is 5.15. The Morgan fingerprint density at radius 2 is 2.03 bits per heavy atom. The minimum Gasteiger partial charge on any atom is -0.327 e. The van der Waals surface area contributed by atoms with Crippen molar-refractivity contribution < 1.29 is 9.59 Å². The van der Waals surface area contributed by atoms with Gasteiger partial charge >= 0.3 is 0 Å². The fraction of sp³-hybridized carbons (Fsp3) is 0.360. The molecule has 1 atom stereocenters. The molecular formula is C25H24N8O2. The van der Waals surface area contributed by atoms with Gasteiger partial charge in [-0.05, 0) is 42.9 Å². The van der Waals surface area contributed by atoms with Crippen molar-refractivity contribution in [2.45, 2.75) is 32.4 Å². The third kappa shape index (κ3) is 3.51. The zero-order chi connectivity index (χ0) is 24.2. The van der Waals surface area contributed by atoms with Crippen molar-refractivity contribution in [3.05, 3.63) is 59.7 Å². The first-order valence-electron chi connectivity index (χ1n) is 11.7. The van der Waals surface area contributed by atoms with Crippen LogP contribution in [0.15, 0.2) is 42.7 Å². The van der Waals surface area contributed by atoms with Crippen LogP contribution in [0.25, 0.3) is 0 Å². The molecular weight excluding hydrogens is 444 g/mol. The highest BCUT2D eigenvalue weighted by Crippen LogP contribution is 2.51. The average Bonchev–Trinajstić information content (AvgIpc) is 3.39. The second kappa shape index (κ2) is 7.91. The Morgan fingerprint density at radius 1 is 1.17 bits per heavy atom. The van der Waals surface area contributed by atoms with Crippen molar-refractivity contribution in [1.82, 2.24) is 24.6 Å². The van der Waals surface area contributed by atoms with Gasteiger partial charge in [0, 0.05) is 50.4 Å². The molecule has 2 amide bonds. The van der Waals surface area contributed by atoms with Crippen LogP contribution in [0.5, 0.6) is 0 Å². The standard InChI is InChI=1S/C25H24N8O2/c1-31-20(23(34)32-13-16-3-2-8-27-19(16)14-32)12-22(30-31)29-21-11-18(6-9-28-21)33-10-7-25(15-26,24(33)35)17-4-5-17/h2-3,6,8-9,11-12,17H,4-5,7,10,13-14H2,1H3,(H,28,29,30)/t25-/m1/s1. The Bertz CT molecular complexity index is 1360. The molecule has 35 heavy (non-hydrogen) atoms. The molecule has 176 valence electrons. The summed E-state index contributed by atoms with van der Waals surface area (Å²) in [6.07, 6.45) is 5.80. The molecule has 1 N–H and O–H groups in total. The van der Waals surface area contributed by atoms with Crippen LogP contribution in [-0.4, -0.2) is 43.0 Å². The van der Waals surface area contributed by atoms with Gasteiger partial charge in [0.05, 0.1) is 18.3 Å². The number of carbonyl (C=O) groups is 2. The number of anilines is 3. The summed E-state index contributed by atoms with van der Waals surface area (Å²) in [5.74, 6) is 0.918. The Balaban J connectivity index is 1.18. The number of aryl methyl sites for hydroxylation is 1. The largest absolute Gasteiger partial charge is 0.327 e. The van der Waals surface area contributed by atoms with Crippen LogP contribution < -0.4 is 10.2 Å². The van der Waals surface area contributed by atoms with E-state index >= 15 is 0 Å². The number of nitriles is 1. The molecule has 1 saturated heterocycles. The van der Waals surface area contributed by atoms with Crippen molar-refractivity contribution in [2.75, 3.05) is 16.8 Å². The summed E-state index contributed by atoms with van der Waals surface area (Å²) >= 11 is 0. The summed E-state index contributed by atoms with van der Waals surface area (Å²) in [7, 11) is 1.73. The average molecular weight is 469 g/mol. The highest BCUT2D eigenvalue weighted by molar-refractivity contribution is 6.02. The molecule has 3 aliphatic rings. The van der Waals surface area contributed by atoms with Crippen LogP contribution in [0.2, 0.25) is 0 Å². The molecule has 0 aromatic carbocycles. The molecule has 2 fully saturated rings. The predicted molar refractivity (Wildman–Crippen MR) is 126 cm³/mol. The second-order valence-corrected chi connectivity index (χ2v) is 9.40. The van der Waals surface area contributed by atoms with Crippen LogP contribution >= 0.6 is 0 Å². The van der Waals surface area contributed by atoms with E-state index in [1.807, 2.05) is 12.1 Å². The van der Waals surface area contributed by atoms with Crippen molar-refractivity contribution in [3.8, 4) is 6.07 Å². The lowest BCUT2D eigenvalue weighted by molar-refractivity contribution is -0.123. The highest BCUT2D eigenvalue weighted by Gasteiger charge is 2.56. The summed E-state index contributed by atoms with van der Waals surface area (Å²) in [6.45, 7) is 1.51. The van der Waals surface area contributed by atoms with Gasteiger partial charge < -0.3 is 15.1 Å². The summed E-state index contributed by atoms with van der Waals surface area (Å²) in [5.41, 5.74) is 2.23. The molecule has 2 aliphatic heterocycles. The molecule has 6 rings (SSSR count). The number of pyridine rings is 2. The summed E-state index contributed by atoms with van der Waals surface area (Å²) in [5, 5.41) is 17.3. The third-order valence-corrected chi connectivity index (χ3v) is 7.21. The van der Waals surface area contributed by atoms with Gasteiger partial charge in [-0.25, -0.2) is 4.98 Å². The number of hydrogen-bond acceptors (Lipinski definition) is 7. The minimum absolute atomic E-state index is 0.119. The molecule has 0 unspecified atom stereocenters. The molecule has 1 saturated carbocycles. The molecule has 10 nitrogen and oxygen atoms in total. The lowest BCUT2D eigenvalue weighted by Gasteiger charge is -2.21. The van der Waals surface area contributed by atoms with Gasteiger partial charge in [0.15, 0.2) is 5.82 Å². The predicted octanol–water partition coefficient (Wildman–Crippen LogP) is 2.77. The van der Waals surface area contributed by atoms with E-state index in [2.05, 4.69) is 26.5 Å². The van der Waals surface area contributed by atoms with Crippen LogP contribution in [-0.2, 0) is 24.9 Å². The topological polar surface area (TPSA) is 120 Å². The number of fused-ring (bicyclic) bond motifs is 1. The van der Waals surface area contributed by atoms with Crippen molar-refractivity contribution >= 4 is 29.1 Å². The van der Waals surface area contributed by atoms with Gasteiger partial charge in [-0.1, -0.05) is 6.07 Å². The van der Waals surface area contributed by atoms with Crippen LogP contribution in [0, 0.1) is 22.7 Å². The summed E-state index contributed by atoms with van der Waals surface area (Å²) in [4.78, 5) is 38.4. The van der Waals surface area contributed by atoms with Crippen molar-refractivity contribution in [1.29, 1.82) is 5.26 Å². The molecule has 3 aromatic heterocycles. The zero-order valence-electron chi connectivity index (χ0n) is 19.3. The number of nitrogens with zero attached hydrogens (tertiary/aromatic N) is 7. The molecule has 0 radical (unpaired) electrons. The van der Waals surface area contributed by atoms with Gasteiger partial charge in [-0.15, -0.1) is 0 Å². The maximum atomic E-state index is 13.1. The second-order valence-electron chi connectivity index (χ2n) is 9.40. The van der Waals surface area contributed by atoms with Gasteiger partial charge in [-0.3, -0.25) is 19.3 Å². The maximum absolute atomic E-state index is 13.1. The lowest BCUT2D eigenvalue weighted by Crippen LogP contribution is -2.35. The SMILES string of the molecule is Cn1nc(Nc2cc(N3CC[C@@](C#N)(C4CC4)C3=O)ccn2)cc1C(=O)N1Cc2cccnc2C1. The lowest BCUT2D eigenvalue weighted by atomic mass is 9.83. The molecule has 0 spiro atoms. The number of carbonyl (C=O) groups excluding carboxylic acids is 2. The normalized spacial score (nSPS) is 21.2. The van der Waals surface area contributed by atoms with Crippen LogP contribution in [0.3, 0.4) is 0 Å². The Labute approximate surface area is 202 Å². The van der Waals surface area contributed by atoms with Crippen molar-refractivity contribution in [3.63, 3.8) is 0 Å². The molecule has 3 aromatic rings. The van der Waals surface area contributed by atoms with E-state index in [9.17, 15) is 14.9 Å². The van der Waals surface area contributed by atoms with Gasteiger partial charge in [-0.2, -0.15) is 10.4 Å². The first-order chi connectivity index (χ1) is 17.0. The Morgan fingerprint density at radius 3 is 2.80 bits per heavy atom.